The summed E-state index contributed by atoms with van der Waals surface area (Å²) >= 11 is 0. The van der Waals surface area contributed by atoms with Crippen LogP contribution in [0, 0.1) is 11.6 Å². The minimum Gasteiger partial charge on any atom is -0.440 e. The predicted molar refractivity (Wildman–Crippen MR) is 147 cm³/mol. The van der Waals surface area contributed by atoms with E-state index in [4.69, 9.17) is 9.15 Å². The van der Waals surface area contributed by atoms with Crippen LogP contribution in [0.3, 0.4) is 0 Å². The van der Waals surface area contributed by atoms with E-state index < -0.39 is 17.7 Å². The zero-order valence-corrected chi connectivity index (χ0v) is 22.1. The highest BCUT2D eigenvalue weighted by molar-refractivity contribution is 5.86. The number of ether oxygens (including phenoxy) is 1. The highest BCUT2D eigenvalue weighted by atomic mass is 19.1. The molecule has 2 N–H and O–H groups in total. The predicted octanol–water partition coefficient (Wildman–Crippen LogP) is 4.74. The number of hydrogen-bond acceptors (Lipinski definition) is 7. The Balaban J connectivity index is 1.66. The van der Waals surface area contributed by atoms with Gasteiger partial charge in [-0.2, -0.15) is 0 Å². The van der Waals surface area contributed by atoms with E-state index >= 15 is 0 Å². The first-order valence-corrected chi connectivity index (χ1v) is 13.1. The standard InChI is InChI=1S/C29H34F2N4O3/c1-18(2)28(35-6-4-32-5-7-35)20-12-24(19(3)33-23-15-21(30)14-22(31)16-23)29-25(13-20)26(36)17-27(38-29)34-8-10-37-11-9-34/h12-17,19,32-33H,4-11H2,1-3H3. The first kappa shape index (κ1) is 26.2. The summed E-state index contributed by atoms with van der Waals surface area (Å²) in [6, 6.07) is 8.43. The van der Waals surface area contributed by atoms with Crippen molar-refractivity contribution in [3.63, 3.8) is 0 Å². The summed E-state index contributed by atoms with van der Waals surface area (Å²) in [5, 5.41) is 7.07. The quantitative estimate of drug-likeness (QED) is 0.483. The van der Waals surface area contributed by atoms with Crippen LogP contribution in [0.15, 0.2) is 51.2 Å². The minimum absolute atomic E-state index is 0.131. The maximum atomic E-state index is 13.9. The molecule has 0 radical (unpaired) electrons. The number of halogens is 2. The van der Waals surface area contributed by atoms with Gasteiger partial charge in [0.2, 0.25) is 0 Å². The van der Waals surface area contributed by atoms with Crippen molar-refractivity contribution < 1.29 is 17.9 Å². The Kier molecular flexibility index (Phi) is 7.67. The van der Waals surface area contributed by atoms with Gasteiger partial charge < -0.3 is 29.6 Å². The van der Waals surface area contributed by atoms with Crippen molar-refractivity contribution in [1.29, 1.82) is 0 Å². The summed E-state index contributed by atoms with van der Waals surface area (Å²) in [7, 11) is 0. The molecule has 5 rings (SSSR count). The van der Waals surface area contributed by atoms with Crippen LogP contribution < -0.4 is 21.0 Å². The van der Waals surface area contributed by atoms with E-state index in [2.05, 4.69) is 29.4 Å². The van der Waals surface area contributed by atoms with Gasteiger partial charge in [-0.3, -0.25) is 4.79 Å². The molecular formula is C29H34F2N4O3. The number of nitrogens with one attached hydrogen (secondary N) is 2. The fraction of sp³-hybridized carbons (Fsp3) is 0.414. The topological polar surface area (TPSA) is 70.0 Å². The summed E-state index contributed by atoms with van der Waals surface area (Å²) in [6.07, 6.45) is 0. The number of rotatable bonds is 6. The van der Waals surface area contributed by atoms with Gasteiger partial charge in [0.15, 0.2) is 11.3 Å². The number of piperazine rings is 1. The Hall–Kier alpha value is -3.43. The normalized spacial score (nSPS) is 17.0. The van der Waals surface area contributed by atoms with E-state index in [1.54, 1.807) is 6.07 Å². The second kappa shape index (κ2) is 11.1. The largest absolute Gasteiger partial charge is 0.440 e. The van der Waals surface area contributed by atoms with Gasteiger partial charge in [-0.25, -0.2) is 8.78 Å². The highest BCUT2D eigenvalue weighted by Crippen LogP contribution is 2.34. The van der Waals surface area contributed by atoms with Crippen LogP contribution in [0.1, 0.15) is 37.9 Å². The highest BCUT2D eigenvalue weighted by Gasteiger charge is 2.23. The lowest BCUT2D eigenvalue weighted by Crippen LogP contribution is -2.42. The molecule has 9 heteroatoms. The molecule has 38 heavy (non-hydrogen) atoms. The Labute approximate surface area is 221 Å². The van der Waals surface area contributed by atoms with Crippen LogP contribution in [0.4, 0.5) is 20.4 Å². The van der Waals surface area contributed by atoms with E-state index in [1.165, 1.54) is 12.1 Å². The minimum atomic E-state index is -0.662. The van der Waals surface area contributed by atoms with Gasteiger partial charge in [-0.15, -0.1) is 0 Å². The molecule has 7 nitrogen and oxygen atoms in total. The monoisotopic (exact) mass is 524 g/mol. The molecule has 3 heterocycles. The van der Waals surface area contributed by atoms with Crippen LogP contribution in [0.25, 0.3) is 16.7 Å². The zero-order valence-electron chi connectivity index (χ0n) is 22.1. The fourth-order valence-corrected chi connectivity index (χ4v) is 5.31. The van der Waals surface area contributed by atoms with Crippen molar-refractivity contribution in [2.24, 2.45) is 0 Å². The number of hydrogen-bond donors (Lipinski definition) is 2. The number of fused-ring (bicyclic) bond motifs is 1. The van der Waals surface area contributed by atoms with E-state index in [0.717, 1.165) is 54.6 Å². The lowest BCUT2D eigenvalue weighted by Gasteiger charge is -2.33. The van der Waals surface area contributed by atoms with Crippen molar-refractivity contribution >= 4 is 28.2 Å². The average Bonchev–Trinajstić information content (AvgIpc) is 2.89. The van der Waals surface area contributed by atoms with E-state index in [9.17, 15) is 13.6 Å². The number of anilines is 2. The lowest BCUT2D eigenvalue weighted by atomic mass is 9.96. The number of nitrogens with zero attached hydrogens (tertiary/aromatic N) is 2. The molecule has 0 bridgehead atoms. The summed E-state index contributed by atoms with van der Waals surface area (Å²) in [5.74, 6) is -0.830. The van der Waals surface area contributed by atoms with Crippen molar-refractivity contribution in [3.8, 4) is 0 Å². The van der Waals surface area contributed by atoms with Gasteiger partial charge in [0.25, 0.3) is 0 Å². The molecule has 2 aliphatic rings. The van der Waals surface area contributed by atoms with Crippen LogP contribution in [0.2, 0.25) is 0 Å². The van der Waals surface area contributed by atoms with Gasteiger partial charge in [-0.1, -0.05) is 5.57 Å². The molecule has 1 atom stereocenters. The SMILES string of the molecule is CC(C)=C(c1cc(C(C)Nc2cc(F)cc(F)c2)c2oc(N3CCOCC3)cc(=O)c2c1)N1CCNCC1. The van der Waals surface area contributed by atoms with Gasteiger partial charge in [-0.05, 0) is 50.6 Å². The first-order valence-electron chi connectivity index (χ1n) is 13.1. The molecule has 1 aromatic heterocycles. The molecule has 2 saturated heterocycles. The number of benzene rings is 2. The molecular weight excluding hydrogens is 490 g/mol. The van der Waals surface area contributed by atoms with Gasteiger partial charge in [0, 0.05) is 68.3 Å². The first-order chi connectivity index (χ1) is 18.3. The van der Waals surface area contributed by atoms with Crippen LogP contribution in [-0.2, 0) is 4.74 Å². The third kappa shape index (κ3) is 5.54. The molecule has 202 valence electrons. The summed E-state index contributed by atoms with van der Waals surface area (Å²) in [5.41, 5.74) is 4.52. The average molecular weight is 525 g/mol. The van der Waals surface area contributed by atoms with E-state index in [0.29, 0.717) is 48.8 Å². The molecule has 1 unspecified atom stereocenters. The molecule has 3 aromatic rings. The van der Waals surface area contributed by atoms with Crippen molar-refractivity contribution in [2.75, 3.05) is 62.7 Å². The molecule has 0 amide bonds. The van der Waals surface area contributed by atoms with Gasteiger partial charge >= 0.3 is 0 Å². The van der Waals surface area contributed by atoms with Crippen molar-refractivity contribution in [1.82, 2.24) is 10.2 Å². The third-order valence-corrected chi connectivity index (χ3v) is 7.06. The molecule has 0 aliphatic carbocycles. The summed E-state index contributed by atoms with van der Waals surface area (Å²) in [4.78, 5) is 17.8. The number of allylic oxidation sites excluding steroid dienone is 1. The Morgan fingerprint density at radius 1 is 0.974 bits per heavy atom. The molecule has 2 aliphatic heterocycles. The van der Waals surface area contributed by atoms with Crippen molar-refractivity contribution in [2.45, 2.75) is 26.8 Å². The van der Waals surface area contributed by atoms with E-state index in [-0.39, 0.29) is 5.43 Å². The second-order valence-corrected chi connectivity index (χ2v) is 10.1. The third-order valence-electron chi connectivity index (χ3n) is 7.06. The van der Waals surface area contributed by atoms with Crippen LogP contribution in [-0.4, -0.2) is 57.4 Å². The summed E-state index contributed by atoms with van der Waals surface area (Å²) < 4.78 is 39.7. The second-order valence-electron chi connectivity index (χ2n) is 10.1. The number of morpholine rings is 1. The fourth-order valence-electron chi connectivity index (χ4n) is 5.31. The molecule has 0 saturated carbocycles. The lowest BCUT2D eigenvalue weighted by molar-refractivity contribution is 0.121. The van der Waals surface area contributed by atoms with Crippen LogP contribution in [0.5, 0.6) is 0 Å². The van der Waals surface area contributed by atoms with Crippen molar-refractivity contribution in [3.05, 3.63) is 75.0 Å². The smallest absolute Gasteiger partial charge is 0.200 e. The van der Waals surface area contributed by atoms with Gasteiger partial charge in [0.1, 0.15) is 17.2 Å². The maximum Gasteiger partial charge on any atom is 0.200 e. The Morgan fingerprint density at radius 2 is 1.66 bits per heavy atom. The Bertz CT molecular complexity index is 1380. The molecule has 0 spiro atoms. The van der Waals surface area contributed by atoms with E-state index in [1.807, 2.05) is 24.0 Å². The van der Waals surface area contributed by atoms with Crippen LogP contribution >= 0.6 is 0 Å². The molecule has 2 aromatic carbocycles. The summed E-state index contributed by atoms with van der Waals surface area (Å²) in [6.45, 7) is 11.9. The maximum absolute atomic E-state index is 13.9. The molecule has 2 fully saturated rings. The zero-order chi connectivity index (χ0) is 26.8. The Morgan fingerprint density at radius 3 is 2.32 bits per heavy atom. The van der Waals surface area contributed by atoms with Gasteiger partial charge in [0.05, 0.1) is 24.6 Å².